The molecule has 1 aromatic carbocycles. The number of rotatable bonds is 1. The largest absolute Gasteiger partial charge is 0.494 e. The van der Waals surface area contributed by atoms with Crippen molar-refractivity contribution < 1.29 is 9.13 Å². The van der Waals surface area contributed by atoms with E-state index in [1.54, 1.807) is 6.07 Å². The second-order valence-corrected chi connectivity index (χ2v) is 3.53. The molecule has 14 heavy (non-hydrogen) atoms. The molecule has 0 aliphatic heterocycles. The van der Waals surface area contributed by atoms with E-state index in [9.17, 15) is 4.39 Å². The van der Waals surface area contributed by atoms with Crippen LogP contribution in [-0.4, -0.2) is 7.11 Å². The van der Waals surface area contributed by atoms with Crippen LogP contribution < -0.4 is 4.74 Å². The molecule has 2 heteroatoms. The number of halogens is 1. The lowest BCUT2D eigenvalue weighted by molar-refractivity contribution is 0.384. The molecule has 1 aromatic rings. The fraction of sp³-hybridized carbons (Fsp3) is 0.333. The van der Waals surface area contributed by atoms with Crippen molar-refractivity contribution in [2.24, 2.45) is 0 Å². The monoisotopic (exact) mass is 192 g/mol. The van der Waals surface area contributed by atoms with Crippen LogP contribution in [0.4, 0.5) is 4.39 Å². The minimum Gasteiger partial charge on any atom is -0.494 e. The first-order valence-corrected chi connectivity index (χ1v) is 4.76. The molecule has 2 rings (SSSR count). The van der Waals surface area contributed by atoms with Gasteiger partial charge >= 0.3 is 0 Å². The van der Waals surface area contributed by atoms with Crippen LogP contribution in [0, 0.1) is 5.82 Å². The summed E-state index contributed by atoms with van der Waals surface area (Å²) in [6.07, 6.45) is 3.84. The summed E-state index contributed by atoms with van der Waals surface area (Å²) in [5.41, 5.74) is 2.98. The van der Waals surface area contributed by atoms with Crippen molar-refractivity contribution in [2.45, 2.75) is 19.8 Å². The maximum Gasteiger partial charge on any atom is 0.168 e. The summed E-state index contributed by atoms with van der Waals surface area (Å²) in [7, 11) is 1.50. The Morgan fingerprint density at radius 3 is 2.86 bits per heavy atom. The highest BCUT2D eigenvalue weighted by atomic mass is 19.1. The Morgan fingerprint density at radius 1 is 1.36 bits per heavy atom. The maximum atomic E-state index is 13.8. The second kappa shape index (κ2) is 3.45. The van der Waals surface area contributed by atoms with Crippen LogP contribution in [0.25, 0.3) is 5.57 Å². The molecule has 74 valence electrons. The lowest BCUT2D eigenvalue weighted by Gasteiger charge is -2.17. The number of hydrogen-bond donors (Lipinski definition) is 0. The van der Waals surface area contributed by atoms with Crippen molar-refractivity contribution in [1.82, 2.24) is 0 Å². The number of benzene rings is 1. The molecular weight excluding hydrogens is 179 g/mol. The normalized spacial score (nSPS) is 14.6. The Morgan fingerprint density at radius 2 is 2.14 bits per heavy atom. The zero-order valence-electron chi connectivity index (χ0n) is 8.43. The van der Waals surface area contributed by atoms with Crippen LogP contribution in [-0.2, 0) is 6.42 Å². The quantitative estimate of drug-likeness (QED) is 0.664. The van der Waals surface area contributed by atoms with Crippen LogP contribution in [0.1, 0.15) is 24.5 Å². The maximum absolute atomic E-state index is 13.8. The molecule has 1 aliphatic rings. The van der Waals surface area contributed by atoms with Crippen molar-refractivity contribution in [2.75, 3.05) is 7.11 Å². The first-order valence-electron chi connectivity index (χ1n) is 4.76. The lowest BCUT2D eigenvalue weighted by Crippen LogP contribution is -2.03. The summed E-state index contributed by atoms with van der Waals surface area (Å²) in [6.45, 7) is 2.02. The number of methoxy groups -OCH3 is 1. The average Bonchev–Trinajstić information content (AvgIpc) is 2.20. The molecule has 0 atom stereocenters. The standard InChI is InChI=1S/C12H13FO/c1-8-4-3-5-10-9(8)6-7-11(14-2)12(10)13/h4,6-7H,3,5H2,1-2H3. The van der Waals surface area contributed by atoms with Gasteiger partial charge in [0.25, 0.3) is 0 Å². The molecule has 0 saturated carbocycles. The first kappa shape index (κ1) is 9.25. The van der Waals surface area contributed by atoms with Gasteiger partial charge in [0.15, 0.2) is 11.6 Å². The minimum absolute atomic E-state index is 0.197. The van der Waals surface area contributed by atoms with Crippen molar-refractivity contribution >= 4 is 5.57 Å². The van der Waals surface area contributed by atoms with E-state index in [1.165, 1.54) is 7.11 Å². The van der Waals surface area contributed by atoms with E-state index in [2.05, 4.69) is 6.08 Å². The molecule has 0 spiro atoms. The zero-order valence-corrected chi connectivity index (χ0v) is 8.43. The van der Waals surface area contributed by atoms with Crippen LogP contribution in [0.5, 0.6) is 5.75 Å². The Bertz CT molecular complexity index is 394. The predicted molar refractivity (Wildman–Crippen MR) is 54.9 cm³/mol. The van der Waals surface area contributed by atoms with Gasteiger partial charge in [-0.25, -0.2) is 4.39 Å². The van der Waals surface area contributed by atoms with E-state index in [0.717, 1.165) is 29.5 Å². The number of fused-ring (bicyclic) bond motifs is 1. The van der Waals surface area contributed by atoms with E-state index in [1.807, 2.05) is 13.0 Å². The van der Waals surface area contributed by atoms with Gasteiger partial charge in [0.05, 0.1) is 7.11 Å². The van der Waals surface area contributed by atoms with Gasteiger partial charge < -0.3 is 4.74 Å². The van der Waals surface area contributed by atoms with Gasteiger partial charge in [-0.15, -0.1) is 0 Å². The van der Waals surface area contributed by atoms with Crippen molar-refractivity contribution in [1.29, 1.82) is 0 Å². The highest BCUT2D eigenvalue weighted by Crippen LogP contribution is 2.32. The Kier molecular flexibility index (Phi) is 2.28. The number of allylic oxidation sites excluding steroid dienone is 2. The molecule has 0 heterocycles. The lowest BCUT2D eigenvalue weighted by atomic mass is 9.91. The second-order valence-electron chi connectivity index (χ2n) is 3.53. The third-order valence-electron chi connectivity index (χ3n) is 2.70. The molecular formula is C12H13FO. The average molecular weight is 192 g/mol. The molecule has 0 amide bonds. The third kappa shape index (κ3) is 1.31. The van der Waals surface area contributed by atoms with Gasteiger partial charge in [-0.05, 0) is 42.5 Å². The van der Waals surface area contributed by atoms with Crippen LogP contribution in [0.2, 0.25) is 0 Å². The molecule has 0 aromatic heterocycles. The SMILES string of the molecule is COc1ccc2c(c1F)CCC=C2C. The molecule has 0 radical (unpaired) electrons. The van der Waals surface area contributed by atoms with Crippen molar-refractivity contribution in [3.63, 3.8) is 0 Å². The number of ether oxygens (including phenoxy) is 1. The summed E-state index contributed by atoms with van der Waals surface area (Å²) in [4.78, 5) is 0. The summed E-state index contributed by atoms with van der Waals surface area (Å²) in [5.74, 6) is 0.149. The first-order chi connectivity index (χ1) is 6.74. The van der Waals surface area contributed by atoms with Gasteiger partial charge in [-0.3, -0.25) is 0 Å². The molecule has 0 N–H and O–H groups in total. The highest BCUT2D eigenvalue weighted by molar-refractivity contribution is 5.69. The van der Waals surface area contributed by atoms with Crippen LogP contribution >= 0.6 is 0 Å². The fourth-order valence-electron chi connectivity index (χ4n) is 1.91. The van der Waals surface area contributed by atoms with Gasteiger partial charge in [0, 0.05) is 0 Å². The van der Waals surface area contributed by atoms with E-state index in [-0.39, 0.29) is 5.82 Å². The molecule has 0 unspecified atom stereocenters. The minimum atomic E-state index is -0.197. The Labute approximate surface area is 83.2 Å². The highest BCUT2D eigenvalue weighted by Gasteiger charge is 2.16. The van der Waals surface area contributed by atoms with Gasteiger partial charge in [-0.1, -0.05) is 12.1 Å². The zero-order chi connectivity index (χ0) is 10.1. The Balaban J connectivity index is 2.59. The van der Waals surface area contributed by atoms with E-state index in [0.29, 0.717) is 5.75 Å². The van der Waals surface area contributed by atoms with Crippen molar-refractivity contribution in [3.05, 3.63) is 35.2 Å². The summed E-state index contributed by atoms with van der Waals surface area (Å²) >= 11 is 0. The molecule has 1 nitrogen and oxygen atoms in total. The number of hydrogen-bond acceptors (Lipinski definition) is 1. The summed E-state index contributed by atoms with van der Waals surface area (Å²) in [6, 6.07) is 3.62. The predicted octanol–water partition coefficient (Wildman–Crippen LogP) is 3.18. The van der Waals surface area contributed by atoms with Crippen molar-refractivity contribution in [3.8, 4) is 5.75 Å². The topological polar surface area (TPSA) is 9.23 Å². The van der Waals surface area contributed by atoms with Crippen LogP contribution in [0.3, 0.4) is 0 Å². The molecule has 0 bridgehead atoms. The Hall–Kier alpha value is -1.31. The smallest absolute Gasteiger partial charge is 0.168 e. The van der Waals surface area contributed by atoms with Gasteiger partial charge in [0.1, 0.15) is 0 Å². The third-order valence-corrected chi connectivity index (χ3v) is 2.70. The molecule has 0 fully saturated rings. The van der Waals surface area contributed by atoms with Gasteiger partial charge in [0.2, 0.25) is 0 Å². The summed E-state index contributed by atoms with van der Waals surface area (Å²) < 4.78 is 18.7. The summed E-state index contributed by atoms with van der Waals surface area (Å²) in [5, 5.41) is 0. The van der Waals surface area contributed by atoms with E-state index >= 15 is 0 Å². The fourth-order valence-corrected chi connectivity index (χ4v) is 1.91. The van der Waals surface area contributed by atoms with E-state index < -0.39 is 0 Å². The molecule has 1 aliphatic carbocycles. The van der Waals surface area contributed by atoms with E-state index in [4.69, 9.17) is 4.74 Å². The molecule has 0 saturated heterocycles. The van der Waals surface area contributed by atoms with Crippen LogP contribution in [0.15, 0.2) is 18.2 Å². The van der Waals surface area contributed by atoms with Gasteiger partial charge in [-0.2, -0.15) is 0 Å².